The number of rotatable bonds is 8. The van der Waals surface area contributed by atoms with Crippen LogP contribution in [0.5, 0.6) is 0 Å². The van der Waals surface area contributed by atoms with Gasteiger partial charge in [-0.2, -0.15) is 4.98 Å². The molecule has 1 saturated heterocycles. The molecule has 5 atom stereocenters. The van der Waals surface area contributed by atoms with Crippen molar-refractivity contribution in [2.45, 2.75) is 64.0 Å². The normalized spacial score (nSPS) is 28.0. The van der Waals surface area contributed by atoms with E-state index in [-0.39, 0.29) is 18.5 Å². The second kappa shape index (κ2) is 8.81. The van der Waals surface area contributed by atoms with E-state index < -0.39 is 43.5 Å². The standard InChI is InChI=1S/C16H28N3O7P/c1-9(2)24-8-11-13(26-27(21,22)10(3)4)14(23-5)15(25-11)19-7-6-12(17)18-16(19)20/h6-7,9-11,13-15H,8H2,1-5H3,(H,21,22)(H2,17,18,20)/t11-,13+,14?,15-/m1/s1. The second-order valence-electron chi connectivity index (χ2n) is 6.92. The first kappa shape index (κ1) is 22.0. The molecule has 0 radical (unpaired) electrons. The fraction of sp³-hybridized carbons (Fsp3) is 0.750. The smallest absolute Gasteiger partial charge is 0.351 e. The minimum atomic E-state index is -3.93. The molecule has 2 unspecified atom stereocenters. The summed E-state index contributed by atoms with van der Waals surface area (Å²) in [5.74, 6) is 0.0790. The molecule has 10 nitrogen and oxygen atoms in total. The summed E-state index contributed by atoms with van der Waals surface area (Å²) in [5, 5.41) is 0. The lowest BCUT2D eigenvalue weighted by Crippen LogP contribution is -2.39. The van der Waals surface area contributed by atoms with Crippen LogP contribution < -0.4 is 11.4 Å². The van der Waals surface area contributed by atoms with Crippen LogP contribution in [-0.2, 0) is 23.3 Å². The third kappa shape index (κ3) is 5.16. The molecule has 0 bridgehead atoms. The van der Waals surface area contributed by atoms with Crippen LogP contribution in [0.1, 0.15) is 33.9 Å². The molecule has 1 aliphatic heterocycles. The average molecular weight is 405 g/mol. The molecule has 0 aliphatic carbocycles. The summed E-state index contributed by atoms with van der Waals surface area (Å²) in [5.41, 5.74) is 4.30. The van der Waals surface area contributed by atoms with Gasteiger partial charge in [0.2, 0.25) is 0 Å². The van der Waals surface area contributed by atoms with Crippen LogP contribution in [0.2, 0.25) is 0 Å². The maximum Gasteiger partial charge on any atom is 0.351 e. The number of anilines is 1. The summed E-state index contributed by atoms with van der Waals surface area (Å²) in [7, 11) is -2.51. The molecule has 2 heterocycles. The summed E-state index contributed by atoms with van der Waals surface area (Å²) < 4.78 is 36.2. The fourth-order valence-corrected chi connectivity index (χ4v) is 3.50. The van der Waals surface area contributed by atoms with Gasteiger partial charge in [0.05, 0.1) is 18.4 Å². The minimum absolute atomic E-state index is 0.0790. The Morgan fingerprint density at radius 2 is 2.04 bits per heavy atom. The first-order chi connectivity index (χ1) is 12.6. The number of nitrogens with two attached hydrogens (primary N) is 1. The van der Waals surface area contributed by atoms with Gasteiger partial charge in [-0.25, -0.2) is 4.79 Å². The number of hydrogen-bond donors (Lipinski definition) is 2. The molecule has 0 aromatic carbocycles. The van der Waals surface area contributed by atoms with E-state index in [4.69, 9.17) is 24.5 Å². The molecule has 154 valence electrons. The molecular weight excluding hydrogens is 377 g/mol. The molecule has 27 heavy (non-hydrogen) atoms. The monoisotopic (exact) mass is 405 g/mol. The zero-order valence-electron chi connectivity index (χ0n) is 16.1. The maximum absolute atomic E-state index is 12.5. The lowest BCUT2D eigenvalue weighted by molar-refractivity contribution is -0.0795. The van der Waals surface area contributed by atoms with E-state index in [0.29, 0.717) is 0 Å². The fourth-order valence-electron chi connectivity index (χ4n) is 2.65. The molecule has 11 heteroatoms. The van der Waals surface area contributed by atoms with Gasteiger partial charge in [-0.3, -0.25) is 13.7 Å². The molecule has 1 aliphatic rings. The van der Waals surface area contributed by atoms with Gasteiger partial charge < -0.3 is 24.8 Å². The SMILES string of the molecule is COC1[C@@H](OP(=O)(O)C(C)C)[C@@H](COC(C)C)O[C@H]1n1ccc(N)nc1=O. The van der Waals surface area contributed by atoms with Crippen LogP contribution in [0.15, 0.2) is 17.1 Å². The maximum atomic E-state index is 12.5. The third-order valence-corrected chi connectivity index (χ3v) is 6.05. The number of hydrogen-bond acceptors (Lipinski definition) is 8. The number of ether oxygens (including phenoxy) is 3. The van der Waals surface area contributed by atoms with Crippen molar-refractivity contribution in [2.24, 2.45) is 0 Å². The van der Waals surface area contributed by atoms with E-state index in [2.05, 4.69) is 4.98 Å². The zero-order valence-corrected chi connectivity index (χ0v) is 17.0. The highest BCUT2D eigenvalue weighted by atomic mass is 31.2. The lowest BCUT2D eigenvalue weighted by atomic mass is 10.1. The Bertz CT molecular complexity index is 739. The number of aromatic nitrogens is 2. The Morgan fingerprint density at radius 3 is 2.56 bits per heavy atom. The Balaban J connectivity index is 2.37. The Kier molecular flexibility index (Phi) is 7.18. The molecule has 1 fully saturated rings. The van der Waals surface area contributed by atoms with Crippen LogP contribution >= 0.6 is 7.60 Å². The Labute approximate surface area is 158 Å². The van der Waals surface area contributed by atoms with E-state index >= 15 is 0 Å². The molecule has 0 amide bonds. The van der Waals surface area contributed by atoms with Crippen molar-refractivity contribution < 1.29 is 28.2 Å². The Hall–Kier alpha value is -1.29. The van der Waals surface area contributed by atoms with E-state index in [1.54, 1.807) is 13.8 Å². The van der Waals surface area contributed by atoms with Gasteiger partial charge in [0, 0.05) is 13.3 Å². The van der Waals surface area contributed by atoms with Gasteiger partial charge in [-0.05, 0) is 19.9 Å². The third-order valence-electron chi connectivity index (χ3n) is 4.20. The van der Waals surface area contributed by atoms with Crippen molar-refractivity contribution in [1.29, 1.82) is 0 Å². The quantitative estimate of drug-likeness (QED) is 0.610. The lowest BCUT2D eigenvalue weighted by Gasteiger charge is -2.27. The number of nitrogens with zero attached hydrogens (tertiary/aromatic N) is 2. The van der Waals surface area contributed by atoms with E-state index in [1.807, 2.05) is 13.8 Å². The average Bonchev–Trinajstić information content (AvgIpc) is 2.89. The van der Waals surface area contributed by atoms with Crippen molar-refractivity contribution in [2.75, 3.05) is 19.5 Å². The van der Waals surface area contributed by atoms with Gasteiger partial charge >= 0.3 is 13.3 Å². The number of methoxy groups -OCH3 is 1. The van der Waals surface area contributed by atoms with Crippen molar-refractivity contribution in [1.82, 2.24) is 9.55 Å². The molecule has 2 rings (SSSR count). The van der Waals surface area contributed by atoms with Gasteiger partial charge in [-0.1, -0.05) is 13.8 Å². The van der Waals surface area contributed by atoms with Gasteiger partial charge in [0.1, 0.15) is 24.1 Å². The van der Waals surface area contributed by atoms with Gasteiger partial charge in [0.15, 0.2) is 6.23 Å². The first-order valence-corrected chi connectivity index (χ1v) is 10.4. The van der Waals surface area contributed by atoms with E-state index in [9.17, 15) is 14.3 Å². The van der Waals surface area contributed by atoms with E-state index in [0.717, 1.165) is 0 Å². The van der Waals surface area contributed by atoms with E-state index in [1.165, 1.54) is 23.9 Å². The van der Waals surface area contributed by atoms with Gasteiger partial charge in [-0.15, -0.1) is 0 Å². The molecule has 0 spiro atoms. The topological polar surface area (TPSA) is 135 Å². The minimum Gasteiger partial charge on any atom is -0.383 e. The van der Waals surface area contributed by atoms with Crippen LogP contribution in [0.4, 0.5) is 5.82 Å². The molecule has 1 aromatic heterocycles. The van der Waals surface area contributed by atoms with Gasteiger partial charge in [0.25, 0.3) is 0 Å². The highest BCUT2D eigenvalue weighted by molar-refractivity contribution is 7.53. The molecular formula is C16H28N3O7P. The highest BCUT2D eigenvalue weighted by Crippen LogP contribution is 2.51. The largest absolute Gasteiger partial charge is 0.383 e. The number of nitrogen functional groups attached to an aromatic ring is 1. The second-order valence-corrected chi connectivity index (χ2v) is 9.29. The summed E-state index contributed by atoms with van der Waals surface area (Å²) in [6.07, 6.45) is -2.01. The highest BCUT2D eigenvalue weighted by Gasteiger charge is 2.50. The van der Waals surface area contributed by atoms with Crippen molar-refractivity contribution in [3.8, 4) is 0 Å². The van der Waals surface area contributed by atoms with Crippen LogP contribution in [-0.4, -0.2) is 58.2 Å². The molecule has 0 saturated carbocycles. The Morgan fingerprint density at radius 1 is 1.37 bits per heavy atom. The predicted octanol–water partition coefficient (Wildman–Crippen LogP) is 1.14. The summed E-state index contributed by atoms with van der Waals surface area (Å²) in [6.45, 7) is 6.99. The van der Waals surface area contributed by atoms with Crippen molar-refractivity contribution >= 4 is 13.4 Å². The van der Waals surface area contributed by atoms with Crippen molar-refractivity contribution in [3.05, 3.63) is 22.7 Å². The summed E-state index contributed by atoms with van der Waals surface area (Å²) >= 11 is 0. The summed E-state index contributed by atoms with van der Waals surface area (Å²) in [4.78, 5) is 26.1. The van der Waals surface area contributed by atoms with Crippen LogP contribution in [0, 0.1) is 0 Å². The van der Waals surface area contributed by atoms with Crippen molar-refractivity contribution in [3.63, 3.8) is 0 Å². The summed E-state index contributed by atoms with van der Waals surface area (Å²) in [6, 6.07) is 1.45. The predicted molar refractivity (Wildman–Crippen MR) is 98.5 cm³/mol. The first-order valence-electron chi connectivity index (χ1n) is 8.72. The zero-order chi connectivity index (χ0) is 20.4. The molecule has 3 N–H and O–H groups in total. The van der Waals surface area contributed by atoms with Crippen LogP contribution in [0.25, 0.3) is 0 Å². The molecule has 1 aromatic rings. The van der Waals surface area contributed by atoms with Crippen LogP contribution in [0.3, 0.4) is 0 Å².